The van der Waals surface area contributed by atoms with E-state index in [2.05, 4.69) is 52.4 Å². The molecule has 1 saturated heterocycles. The number of piperazine rings is 1. The van der Waals surface area contributed by atoms with Crippen molar-refractivity contribution in [3.63, 3.8) is 0 Å². The molecule has 1 amide bonds. The summed E-state index contributed by atoms with van der Waals surface area (Å²) in [7, 11) is 3.17. The molecule has 1 aromatic carbocycles. The topological polar surface area (TPSA) is 113 Å². The minimum Gasteiger partial charge on any atom is -0.462 e. The molecule has 0 aromatic heterocycles. The highest BCUT2D eigenvalue weighted by molar-refractivity contribution is 6.22. The molecule has 234 valence electrons. The molecule has 0 saturated carbocycles. The first-order valence-electron chi connectivity index (χ1n) is 15.0. The summed E-state index contributed by atoms with van der Waals surface area (Å²) in [4.78, 5) is 37.2. The van der Waals surface area contributed by atoms with Crippen LogP contribution in [0.3, 0.4) is 0 Å². The summed E-state index contributed by atoms with van der Waals surface area (Å²) in [6.45, 7) is 10.6. The van der Waals surface area contributed by atoms with Crippen LogP contribution >= 0.6 is 0 Å². The summed E-state index contributed by atoms with van der Waals surface area (Å²) in [5.41, 5.74) is 4.36. The van der Waals surface area contributed by atoms with Gasteiger partial charge < -0.3 is 14.5 Å². The van der Waals surface area contributed by atoms with E-state index in [0.29, 0.717) is 30.2 Å². The Kier molecular flexibility index (Phi) is 12.4. The van der Waals surface area contributed by atoms with Gasteiger partial charge in [-0.15, -0.1) is 0 Å². The number of ether oxygens (including phenoxy) is 1. The van der Waals surface area contributed by atoms with Crippen LogP contribution in [0.1, 0.15) is 44.9 Å². The molecule has 0 aliphatic carbocycles. The van der Waals surface area contributed by atoms with Crippen molar-refractivity contribution in [3.8, 4) is 12.1 Å². The van der Waals surface area contributed by atoms with Crippen molar-refractivity contribution in [1.82, 2.24) is 14.7 Å². The van der Waals surface area contributed by atoms with Crippen molar-refractivity contribution < 1.29 is 14.3 Å². The molecule has 2 aliphatic heterocycles. The highest BCUT2D eigenvalue weighted by atomic mass is 16.5. The van der Waals surface area contributed by atoms with Crippen LogP contribution in [-0.4, -0.2) is 78.2 Å². The van der Waals surface area contributed by atoms with Gasteiger partial charge in [0.05, 0.1) is 29.6 Å². The predicted octanol–water partition coefficient (Wildman–Crippen LogP) is 5.34. The van der Waals surface area contributed by atoms with Crippen molar-refractivity contribution in [2.75, 3.05) is 33.7 Å². The average molecular weight is 607 g/mol. The Morgan fingerprint density at radius 1 is 1.11 bits per heavy atom. The molecule has 1 fully saturated rings. The number of carbonyl (C=O) groups is 2. The first-order chi connectivity index (χ1) is 21.6. The van der Waals surface area contributed by atoms with Gasteiger partial charge in [-0.1, -0.05) is 60.2 Å². The summed E-state index contributed by atoms with van der Waals surface area (Å²) < 4.78 is 5.82. The maximum atomic E-state index is 13.9. The van der Waals surface area contributed by atoms with Crippen LogP contribution < -0.4 is 0 Å². The number of aliphatic imine (C=N–C) groups is 1. The maximum absolute atomic E-state index is 13.9. The van der Waals surface area contributed by atoms with Gasteiger partial charge in [0.1, 0.15) is 23.4 Å². The molecule has 0 bridgehead atoms. The number of hydrogen-bond donors (Lipinski definition) is 0. The van der Waals surface area contributed by atoms with E-state index in [4.69, 9.17) is 10.00 Å². The SMILES string of the molecule is C\C=C/C(=C\C=C\C)C(c1ccc(C)cc1)N1CCN(C2=C(C#N)C(=O)N(C)/C(=C/C=C/C#N)C2=NC)CC1C(=O)OC(C)C. The van der Waals surface area contributed by atoms with E-state index in [9.17, 15) is 14.9 Å². The Morgan fingerprint density at radius 2 is 1.82 bits per heavy atom. The third kappa shape index (κ3) is 7.94. The van der Waals surface area contributed by atoms with Crippen LogP contribution in [0.25, 0.3) is 0 Å². The lowest BCUT2D eigenvalue weighted by Gasteiger charge is -2.47. The largest absolute Gasteiger partial charge is 0.462 e. The molecule has 0 spiro atoms. The first-order valence-corrected chi connectivity index (χ1v) is 15.0. The van der Waals surface area contributed by atoms with Gasteiger partial charge in [-0.25, -0.2) is 0 Å². The van der Waals surface area contributed by atoms with Crippen molar-refractivity contribution in [3.05, 3.63) is 107 Å². The van der Waals surface area contributed by atoms with Gasteiger partial charge in [0, 0.05) is 39.8 Å². The van der Waals surface area contributed by atoms with Gasteiger partial charge in [-0.2, -0.15) is 10.5 Å². The van der Waals surface area contributed by atoms with Gasteiger partial charge in [-0.3, -0.25) is 19.5 Å². The molecule has 1 aromatic rings. The first kappa shape index (κ1) is 34.5. The second kappa shape index (κ2) is 16.2. The smallest absolute Gasteiger partial charge is 0.325 e. The fourth-order valence-corrected chi connectivity index (χ4v) is 5.57. The molecule has 9 nitrogen and oxygen atoms in total. The zero-order valence-corrected chi connectivity index (χ0v) is 27.2. The number of allylic oxidation sites excluding steroid dienone is 7. The summed E-state index contributed by atoms with van der Waals surface area (Å²) >= 11 is 0. The third-order valence-corrected chi connectivity index (χ3v) is 7.59. The van der Waals surface area contributed by atoms with Gasteiger partial charge in [-0.05, 0) is 57.9 Å². The number of benzene rings is 1. The Labute approximate surface area is 267 Å². The van der Waals surface area contributed by atoms with Crippen LogP contribution in [0.15, 0.2) is 100 Å². The second-order valence-corrected chi connectivity index (χ2v) is 11.0. The molecule has 9 heteroatoms. The molecule has 45 heavy (non-hydrogen) atoms. The number of aryl methyl sites for hydroxylation is 1. The summed E-state index contributed by atoms with van der Waals surface area (Å²) in [5.74, 6) is -0.874. The Hall–Kier alpha value is -4.99. The fraction of sp³-hybridized carbons (Fsp3) is 0.361. The number of nitrogens with zero attached hydrogens (tertiary/aromatic N) is 6. The Bertz CT molecular complexity index is 1560. The van der Waals surface area contributed by atoms with Crippen LogP contribution in [0, 0.1) is 29.6 Å². The second-order valence-electron chi connectivity index (χ2n) is 11.0. The van der Waals surface area contributed by atoms with E-state index in [0.717, 1.165) is 16.7 Å². The molecule has 0 radical (unpaired) electrons. The fourth-order valence-electron chi connectivity index (χ4n) is 5.57. The number of esters is 1. The zero-order valence-electron chi connectivity index (χ0n) is 27.2. The number of carbonyl (C=O) groups excluding carboxylic acids is 2. The van der Waals surface area contributed by atoms with Crippen molar-refractivity contribution in [2.24, 2.45) is 4.99 Å². The number of amides is 1. The Balaban J connectivity index is 2.21. The lowest BCUT2D eigenvalue weighted by molar-refractivity contribution is -0.157. The highest BCUT2D eigenvalue weighted by Crippen LogP contribution is 2.36. The molecule has 2 unspecified atom stereocenters. The predicted molar refractivity (Wildman–Crippen MR) is 177 cm³/mol. The molecule has 2 aliphatic rings. The molecule has 3 rings (SSSR count). The average Bonchev–Trinajstić information content (AvgIpc) is 3.02. The molecular formula is C36H42N6O3. The van der Waals surface area contributed by atoms with Crippen LogP contribution in [0.5, 0.6) is 0 Å². The van der Waals surface area contributed by atoms with E-state index < -0.39 is 17.9 Å². The molecule has 0 N–H and O–H groups in total. The van der Waals surface area contributed by atoms with E-state index in [1.807, 2.05) is 63.8 Å². The Morgan fingerprint density at radius 3 is 2.40 bits per heavy atom. The highest BCUT2D eigenvalue weighted by Gasteiger charge is 2.43. The number of likely N-dealkylation sites (N-methyl/N-ethyl adjacent to an activating group) is 1. The van der Waals surface area contributed by atoms with Gasteiger partial charge in [0.15, 0.2) is 0 Å². The maximum Gasteiger partial charge on any atom is 0.325 e. The number of nitriles is 2. The zero-order chi connectivity index (χ0) is 33.1. The van der Waals surface area contributed by atoms with E-state index in [1.165, 1.54) is 17.1 Å². The van der Waals surface area contributed by atoms with Gasteiger partial charge >= 0.3 is 5.97 Å². The van der Waals surface area contributed by atoms with Crippen LogP contribution in [0.2, 0.25) is 0 Å². The molecular weight excluding hydrogens is 564 g/mol. The molecule has 2 heterocycles. The van der Waals surface area contributed by atoms with Gasteiger partial charge in [0.25, 0.3) is 5.91 Å². The quantitative estimate of drug-likeness (QED) is 0.212. The normalized spacial score (nSPS) is 21.1. The summed E-state index contributed by atoms with van der Waals surface area (Å²) in [5, 5.41) is 19.2. The van der Waals surface area contributed by atoms with Crippen molar-refractivity contribution in [2.45, 2.75) is 52.8 Å². The molecule has 2 atom stereocenters. The summed E-state index contributed by atoms with van der Waals surface area (Å²) in [6, 6.07) is 11.3. The lowest BCUT2D eigenvalue weighted by Crippen LogP contribution is -2.59. The van der Waals surface area contributed by atoms with Crippen LogP contribution in [0.4, 0.5) is 0 Å². The monoisotopic (exact) mass is 606 g/mol. The van der Waals surface area contributed by atoms with E-state index in [1.54, 1.807) is 20.2 Å². The van der Waals surface area contributed by atoms with E-state index in [-0.39, 0.29) is 24.3 Å². The third-order valence-electron chi connectivity index (χ3n) is 7.59. The minimum absolute atomic E-state index is 0.0541. The van der Waals surface area contributed by atoms with Crippen LogP contribution in [-0.2, 0) is 14.3 Å². The number of rotatable bonds is 9. The lowest BCUT2D eigenvalue weighted by atomic mass is 9.92. The summed E-state index contributed by atoms with van der Waals surface area (Å²) in [6.07, 6.45) is 14.2. The van der Waals surface area contributed by atoms with Crippen molar-refractivity contribution in [1.29, 1.82) is 10.5 Å². The minimum atomic E-state index is -0.738. The van der Waals surface area contributed by atoms with E-state index >= 15 is 0 Å². The van der Waals surface area contributed by atoms with Gasteiger partial charge in [0.2, 0.25) is 0 Å². The standard InChI is InChI=1S/C36H42N6O3/c1-8-10-14-27(13-9-2)33(28-18-16-26(5)17-19-28)42-22-21-41(24-31(42)36(44)45-25(3)4)34-29(23-38)35(43)40(7)30(32(34)39-6)15-11-12-20-37/h8-19,25,31,33H,21-22,24H2,1-7H3/b10-8+,12-11+,13-9-,27-14+,30-15+,39-32?. The van der Waals surface area contributed by atoms with Crippen molar-refractivity contribution >= 4 is 17.6 Å². The number of hydrogen-bond acceptors (Lipinski definition) is 8.